The SMILES string of the molecule is CCC(C)c1cc(C(/C=C\N)=C/N)cc(OCCOCCCCN)c1N.CN. The third kappa shape index (κ3) is 8.65. The molecule has 0 heterocycles. The second-order valence-corrected chi connectivity index (χ2v) is 6.22. The Hall–Kier alpha value is -2.22. The Kier molecular flexibility index (Phi) is 14.5. The van der Waals surface area contributed by atoms with Crippen LogP contribution in [0.3, 0.4) is 0 Å². The van der Waals surface area contributed by atoms with E-state index >= 15 is 0 Å². The summed E-state index contributed by atoms with van der Waals surface area (Å²) >= 11 is 0. The molecule has 1 aromatic rings. The molecule has 0 aliphatic carbocycles. The minimum atomic E-state index is 0.311. The monoisotopic (exact) mass is 393 g/mol. The molecule has 1 aromatic carbocycles. The van der Waals surface area contributed by atoms with E-state index in [1.165, 1.54) is 19.4 Å². The Labute approximate surface area is 169 Å². The summed E-state index contributed by atoms with van der Waals surface area (Å²) in [6.45, 7) is 6.60. The Morgan fingerprint density at radius 3 is 2.39 bits per heavy atom. The van der Waals surface area contributed by atoms with E-state index in [0.717, 1.165) is 36.0 Å². The average Bonchev–Trinajstić information content (AvgIpc) is 2.73. The second-order valence-electron chi connectivity index (χ2n) is 6.22. The fourth-order valence-electron chi connectivity index (χ4n) is 2.57. The molecule has 0 saturated carbocycles. The summed E-state index contributed by atoms with van der Waals surface area (Å²) in [5.74, 6) is 0.957. The van der Waals surface area contributed by atoms with Crippen LogP contribution in [0.25, 0.3) is 5.57 Å². The minimum Gasteiger partial charge on any atom is -0.489 e. The molecule has 0 aromatic heterocycles. The first kappa shape index (κ1) is 25.8. The zero-order valence-corrected chi connectivity index (χ0v) is 17.6. The molecule has 10 N–H and O–H groups in total. The molecule has 1 atom stereocenters. The van der Waals surface area contributed by atoms with Crippen LogP contribution in [0.5, 0.6) is 5.75 Å². The first-order valence-electron chi connectivity index (χ1n) is 9.81. The minimum absolute atomic E-state index is 0.311. The van der Waals surface area contributed by atoms with Gasteiger partial charge in [-0.05, 0) is 79.9 Å². The molecule has 0 radical (unpaired) electrons. The Morgan fingerprint density at radius 1 is 1.11 bits per heavy atom. The van der Waals surface area contributed by atoms with Gasteiger partial charge in [-0.2, -0.15) is 0 Å². The van der Waals surface area contributed by atoms with Gasteiger partial charge < -0.3 is 38.1 Å². The number of nitrogens with two attached hydrogens (primary N) is 5. The van der Waals surface area contributed by atoms with Gasteiger partial charge in [-0.25, -0.2) is 0 Å². The molecular formula is C21H39N5O2. The molecule has 7 nitrogen and oxygen atoms in total. The lowest BCUT2D eigenvalue weighted by Gasteiger charge is -2.19. The molecule has 0 fully saturated rings. The summed E-state index contributed by atoms with van der Waals surface area (Å²) in [6.07, 6.45) is 7.66. The summed E-state index contributed by atoms with van der Waals surface area (Å²) in [4.78, 5) is 0. The number of unbranched alkanes of at least 4 members (excludes halogenated alkanes) is 1. The Balaban J connectivity index is 0.00000352. The quantitative estimate of drug-likeness (QED) is 0.208. The molecule has 7 heteroatoms. The summed E-state index contributed by atoms with van der Waals surface area (Å²) in [5.41, 5.74) is 31.1. The zero-order chi connectivity index (χ0) is 21.4. The van der Waals surface area contributed by atoms with E-state index in [1.54, 1.807) is 6.08 Å². The van der Waals surface area contributed by atoms with Crippen molar-refractivity contribution in [1.82, 2.24) is 0 Å². The molecular weight excluding hydrogens is 354 g/mol. The van der Waals surface area contributed by atoms with Gasteiger partial charge in [0, 0.05) is 12.8 Å². The predicted molar refractivity (Wildman–Crippen MR) is 120 cm³/mol. The van der Waals surface area contributed by atoms with Crippen LogP contribution in [-0.4, -0.2) is 33.4 Å². The molecule has 0 aliphatic rings. The van der Waals surface area contributed by atoms with E-state index in [2.05, 4.69) is 25.6 Å². The molecule has 0 bridgehead atoms. The Bertz CT molecular complexity index is 603. The number of anilines is 1. The topological polar surface area (TPSA) is 149 Å². The van der Waals surface area contributed by atoms with Crippen LogP contribution in [0.15, 0.2) is 30.6 Å². The summed E-state index contributed by atoms with van der Waals surface area (Å²) < 4.78 is 11.4. The number of allylic oxidation sites excluding steroid dienone is 2. The lowest BCUT2D eigenvalue weighted by Crippen LogP contribution is -2.11. The summed E-state index contributed by atoms with van der Waals surface area (Å²) in [7, 11) is 1.50. The van der Waals surface area contributed by atoms with Crippen molar-refractivity contribution < 1.29 is 9.47 Å². The molecule has 0 amide bonds. The summed E-state index contributed by atoms with van der Waals surface area (Å²) in [5, 5.41) is 0. The van der Waals surface area contributed by atoms with Crippen molar-refractivity contribution in [3.63, 3.8) is 0 Å². The third-order valence-corrected chi connectivity index (χ3v) is 4.33. The number of hydrogen-bond acceptors (Lipinski definition) is 7. The van der Waals surface area contributed by atoms with E-state index < -0.39 is 0 Å². The highest BCUT2D eigenvalue weighted by molar-refractivity contribution is 5.78. The third-order valence-electron chi connectivity index (χ3n) is 4.33. The predicted octanol–water partition coefficient (Wildman–Crippen LogP) is 2.26. The highest BCUT2D eigenvalue weighted by atomic mass is 16.5. The van der Waals surface area contributed by atoms with Crippen LogP contribution in [0.2, 0.25) is 0 Å². The van der Waals surface area contributed by atoms with Gasteiger partial charge in [0.1, 0.15) is 12.4 Å². The maximum Gasteiger partial charge on any atom is 0.143 e. The standard InChI is InChI=1S/C20H34N4O2.CH5N/c1-3-15(2)18-12-17(16(14-23)6-8-22)13-19(20(18)24)26-11-10-25-9-5-4-7-21;1-2/h6,8,12-15H,3-5,7,9-11,21-24H2,1-2H3;2H2,1H3/b8-6-,16-14+;. The van der Waals surface area contributed by atoms with Gasteiger partial charge in [-0.1, -0.05) is 13.8 Å². The van der Waals surface area contributed by atoms with E-state index in [-0.39, 0.29) is 0 Å². The van der Waals surface area contributed by atoms with Crippen molar-refractivity contribution in [1.29, 1.82) is 0 Å². The molecule has 160 valence electrons. The maximum absolute atomic E-state index is 6.35. The van der Waals surface area contributed by atoms with Gasteiger partial charge in [-0.3, -0.25) is 0 Å². The molecule has 0 saturated heterocycles. The van der Waals surface area contributed by atoms with Crippen molar-refractivity contribution in [2.45, 2.75) is 39.0 Å². The fraction of sp³-hybridized carbons (Fsp3) is 0.524. The van der Waals surface area contributed by atoms with Gasteiger partial charge in [0.15, 0.2) is 0 Å². The van der Waals surface area contributed by atoms with E-state index in [1.807, 2.05) is 6.07 Å². The van der Waals surface area contributed by atoms with E-state index in [0.29, 0.717) is 43.7 Å². The number of ether oxygens (including phenoxy) is 2. The highest BCUT2D eigenvalue weighted by Gasteiger charge is 2.15. The zero-order valence-electron chi connectivity index (χ0n) is 17.6. The van der Waals surface area contributed by atoms with Crippen LogP contribution in [0, 0.1) is 0 Å². The molecule has 1 unspecified atom stereocenters. The van der Waals surface area contributed by atoms with Crippen molar-refractivity contribution in [3.05, 3.63) is 41.7 Å². The van der Waals surface area contributed by atoms with Gasteiger partial charge in [0.25, 0.3) is 0 Å². The van der Waals surface area contributed by atoms with E-state index in [9.17, 15) is 0 Å². The average molecular weight is 394 g/mol. The normalized spacial score (nSPS) is 12.5. The van der Waals surface area contributed by atoms with Crippen molar-refractivity contribution >= 4 is 11.3 Å². The van der Waals surface area contributed by atoms with Crippen LogP contribution in [0.4, 0.5) is 5.69 Å². The molecule has 0 spiro atoms. The number of hydrogen-bond donors (Lipinski definition) is 5. The number of rotatable bonds is 12. The fourth-order valence-corrected chi connectivity index (χ4v) is 2.57. The highest BCUT2D eigenvalue weighted by Crippen LogP contribution is 2.36. The maximum atomic E-state index is 6.35. The summed E-state index contributed by atoms with van der Waals surface area (Å²) in [6, 6.07) is 3.95. The number of nitrogen functional groups attached to an aromatic ring is 1. The van der Waals surface area contributed by atoms with Crippen molar-refractivity contribution in [3.8, 4) is 5.75 Å². The van der Waals surface area contributed by atoms with Crippen LogP contribution >= 0.6 is 0 Å². The Morgan fingerprint density at radius 2 is 1.82 bits per heavy atom. The van der Waals surface area contributed by atoms with Crippen LogP contribution < -0.4 is 33.4 Å². The molecule has 0 aliphatic heterocycles. The second kappa shape index (κ2) is 15.8. The number of benzene rings is 1. The van der Waals surface area contributed by atoms with Gasteiger partial charge >= 0.3 is 0 Å². The van der Waals surface area contributed by atoms with Crippen molar-refractivity contribution in [2.75, 3.05) is 39.1 Å². The first-order valence-corrected chi connectivity index (χ1v) is 9.81. The molecule has 28 heavy (non-hydrogen) atoms. The van der Waals surface area contributed by atoms with Gasteiger partial charge in [0.2, 0.25) is 0 Å². The van der Waals surface area contributed by atoms with Crippen LogP contribution in [-0.2, 0) is 4.74 Å². The van der Waals surface area contributed by atoms with E-state index in [4.69, 9.17) is 32.4 Å². The first-order chi connectivity index (χ1) is 13.6. The van der Waals surface area contributed by atoms with Gasteiger partial charge in [0.05, 0.1) is 12.3 Å². The molecule has 1 rings (SSSR count). The largest absolute Gasteiger partial charge is 0.489 e. The van der Waals surface area contributed by atoms with Crippen LogP contribution in [0.1, 0.15) is 50.2 Å². The lowest BCUT2D eigenvalue weighted by molar-refractivity contribution is 0.0979. The van der Waals surface area contributed by atoms with Crippen molar-refractivity contribution in [2.24, 2.45) is 22.9 Å². The smallest absolute Gasteiger partial charge is 0.143 e. The van der Waals surface area contributed by atoms with Gasteiger partial charge in [-0.15, -0.1) is 0 Å². The lowest BCUT2D eigenvalue weighted by atomic mass is 9.92.